The highest BCUT2D eigenvalue weighted by Crippen LogP contribution is 2.14. The largest absolute Gasteiger partial charge is 0.622 e. The van der Waals surface area contributed by atoms with Gasteiger partial charge in [0.25, 0.3) is 11.9 Å². The Morgan fingerprint density at radius 2 is 1.81 bits per heavy atom. The van der Waals surface area contributed by atoms with E-state index in [9.17, 15) is 19.2 Å². The van der Waals surface area contributed by atoms with Crippen molar-refractivity contribution in [1.82, 2.24) is 25.5 Å². The van der Waals surface area contributed by atoms with Gasteiger partial charge in [-0.05, 0) is 24.9 Å². The Balaban J connectivity index is 1.83. The molecule has 196 valence electrons. The molecule has 1 aliphatic rings. The molecule has 11 nitrogen and oxygen atoms in total. The molecule has 1 aliphatic heterocycles. The topological polar surface area (TPSA) is 140 Å². The molecule has 37 heavy (non-hydrogen) atoms. The van der Waals surface area contributed by atoms with Crippen LogP contribution in [0.15, 0.2) is 48.9 Å². The molecule has 1 aromatic carbocycles. The lowest BCUT2D eigenvalue weighted by molar-refractivity contribution is -0.140. The van der Waals surface area contributed by atoms with Gasteiger partial charge in [-0.3, -0.25) is 29.1 Å². The third kappa shape index (κ3) is 8.98. The standard InChI is InChI=1S/C25H32BN5O6/c1-17(2)13-21(26-36-22(32)9-12-31(3)16-23(33)37-26)30-24(34)19(14-18-7-5-4-6-8-18)29-25(35)20-15-27-10-11-28-20/h4-8,10-11,15,17,19,21H,9,12-14,16H2,1-3H3,(H,29,35)(H,30,34)/t19?,21-/m0/s1. The van der Waals surface area contributed by atoms with Crippen molar-refractivity contribution in [2.45, 2.75) is 45.1 Å². The monoisotopic (exact) mass is 509 g/mol. The van der Waals surface area contributed by atoms with Gasteiger partial charge in [0.1, 0.15) is 11.7 Å². The Hall–Kier alpha value is -3.80. The molecule has 0 radical (unpaired) electrons. The zero-order chi connectivity index (χ0) is 26.8. The number of aromatic nitrogens is 2. The molecule has 0 spiro atoms. The number of hydrogen-bond donors (Lipinski definition) is 2. The van der Waals surface area contributed by atoms with Crippen LogP contribution in [-0.4, -0.2) is 77.9 Å². The van der Waals surface area contributed by atoms with E-state index >= 15 is 0 Å². The molecule has 3 rings (SSSR count). The number of rotatable bonds is 9. The SMILES string of the molecule is CC(C)C[C@H](NC(=O)C(Cc1ccccc1)NC(=O)c1cnccn1)B1OC(=O)CCN(C)CC(=O)O1. The Morgan fingerprint density at radius 1 is 1.08 bits per heavy atom. The zero-order valence-electron chi connectivity index (χ0n) is 21.3. The number of amides is 2. The molecule has 1 aromatic heterocycles. The van der Waals surface area contributed by atoms with Crippen LogP contribution in [0.4, 0.5) is 0 Å². The van der Waals surface area contributed by atoms with Crippen molar-refractivity contribution in [2.75, 3.05) is 20.1 Å². The number of nitrogens with one attached hydrogen (secondary N) is 2. The smallest absolute Gasteiger partial charge is 0.498 e. The van der Waals surface area contributed by atoms with Gasteiger partial charge < -0.3 is 19.9 Å². The first-order valence-electron chi connectivity index (χ1n) is 12.2. The highest BCUT2D eigenvalue weighted by molar-refractivity contribution is 6.51. The summed E-state index contributed by atoms with van der Waals surface area (Å²) in [4.78, 5) is 60.7. The quantitative estimate of drug-likeness (QED) is 0.470. The van der Waals surface area contributed by atoms with Gasteiger partial charge in [0.05, 0.1) is 25.1 Å². The van der Waals surface area contributed by atoms with Gasteiger partial charge in [-0.2, -0.15) is 0 Å². The van der Waals surface area contributed by atoms with E-state index in [4.69, 9.17) is 9.31 Å². The van der Waals surface area contributed by atoms with E-state index in [1.165, 1.54) is 18.6 Å². The minimum absolute atomic E-state index is 0.0136. The van der Waals surface area contributed by atoms with E-state index in [0.29, 0.717) is 13.0 Å². The Kier molecular flexibility index (Phi) is 10.1. The lowest BCUT2D eigenvalue weighted by Gasteiger charge is -2.27. The lowest BCUT2D eigenvalue weighted by Crippen LogP contribution is -2.57. The van der Waals surface area contributed by atoms with Gasteiger partial charge in [-0.25, -0.2) is 4.98 Å². The third-order valence-electron chi connectivity index (χ3n) is 5.67. The van der Waals surface area contributed by atoms with E-state index in [-0.39, 0.29) is 31.0 Å². The molecule has 0 saturated carbocycles. The van der Waals surface area contributed by atoms with E-state index in [0.717, 1.165) is 5.56 Å². The summed E-state index contributed by atoms with van der Waals surface area (Å²) >= 11 is 0. The number of nitrogens with zero attached hydrogens (tertiary/aromatic N) is 3. The van der Waals surface area contributed by atoms with Crippen molar-refractivity contribution in [3.8, 4) is 0 Å². The number of benzene rings is 1. The summed E-state index contributed by atoms with van der Waals surface area (Å²) in [5.41, 5.74) is 0.890. The summed E-state index contributed by atoms with van der Waals surface area (Å²) in [5, 5.41) is 5.58. The summed E-state index contributed by atoms with van der Waals surface area (Å²) in [5.74, 6) is -2.94. The van der Waals surface area contributed by atoms with Crippen molar-refractivity contribution in [2.24, 2.45) is 5.92 Å². The van der Waals surface area contributed by atoms with Crippen molar-refractivity contribution in [3.63, 3.8) is 0 Å². The van der Waals surface area contributed by atoms with Gasteiger partial charge in [0.2, 0.25) is 5.91 Å². The van der Waals surface area contributed by atoms with Crippen LogP contribution in [0.2, 0.25) is 0 Å². The first-order valence-corrected chi connectivity index (χ1v) is 12.2. The zero-order valence-corrected chi connectivity index (χ0v) is 21.3. The fourth-order valence-electron chi connectivity index (χ4n) is 3.86. The van der Waals surface area contributed by atoms with Crippen molar-refractivity contribution < 1.29 is 28.5 Å². The Bertz CT molecular complexity index is 1070. The second-order valence-corrected chi connectivity index (χ2v) is 9.39. The van der Waals surface area contributed by atoms with Gasteiger partial charge in [-0.15, -0.1) is 0 Å². The average molecular weight is 509 g/mol. The summed E-state index contributed by atoms with van der Waals surface area (Å²) < 4.78 is 11.0. The average Bonchev–Trinajstić information content (AvgIpc) is 2.92. The van der Waals surface area contributed by atoms with Crippen LogP contribution in [0.5, 0.6) is 0 Å². The third-order valence-corrected chi connectivity index (χ3v) is 5.67. The fourth-order valence-corrected chi connectivity index (χ4v) is 3.86. The Morgan fingerprint density at radius 3 is 2.49 bits per heavy atom. The minimum Gasteiger partial charge on any atom is -0.498 e. The number of likely N-dealkylation sites (N-methyl/N-ethyl adjacent to an activating group) is 1. The molecule has 2 amide bonds. The van der Waals surface area contributed by atoms with Crippen LogP contribution in [0, 0.1) is 5.92 Å². The molecule has 12 heteroatoms. The highest BCUT2D eigenvalue weighted by atomic mass is 16.6. The molecule has 2 N–H and O–H groups in total. The molecule has 2 atom stereocenters. The molecule has 0 aliphatic carbocycles. The van der Waals surface area contributed by atoms with E-state index in [1.807, 2.05) is 44.2 Å². The van der Waals surface area contributed by atoms with Crippen LogP contribution in [0.1, 0.15) is 42.7 Å². The maximum atomic E-state index is 13.5. The Labute approximate surface area is 216 Å². The molecule has 2 aromatic rings. The van der Waals surface area contributed by atoms with Gasteiger partial charge in [0, 0.05) is 25.4 Å². The fraction of sp³-hybridized carbons (Fsp3) is 0.440. The van der Waals surface area contributed by atoms with Crippen molar-refractivity contribution >= 4 is 30.9 Å². The van der Waals surface area contributed by atoms with Crippen LogP contribution < -0.4 is 10.6 Å². The van der Waals surface area contributed by atoms with Crippen LogP contribution >= 0.6 is 0 Å². The summed E-state index contributed by atoms with van der Waals surface area (Å²) in [6.07, 6.45) is 4.78. The molecular formula is C25H32BN5O6. The molecule has 1 unspecified atom stereocenters. The van der Waals surface area contributed by atoms with Gasteiger partial charge in [-0.1, -0.05) is 44.2 Å². The predicted octanol–water partition coefficient (Wildman–Crippen LogP) is 0.798. The number of carbonyl (C=O) groups is 4. The molecule has 0 bridgehead atoms. The molecule has 1 saturated heterocycles. The number of hydrogen-bond acceptors (Lipinski definition) is 9. The maximum absolute atomic E-state index is 13.5. The summed E-state index contributed by atoms with van der Waals surface area (Å²) in [7, 11) is 0.405. The number of carbonyl (C=O) groups excluding carboxylic acids is 4. The second-order valence-electron chi connectivity index (χ2n) is 9.39. The first kappa shape index (κ1) is 27.8. The molecule has 1 fully saturated rings. The molecular weight excluding hydrogens is 477 g/mol. The van der Waals surface area contributed by atoms with Gasteiger partial charge >= 0.3 is 13.1 Å². The second kappa shape index (κ2) is 13.5. The molecule has 2 heterocycles. The van der Waals surface area contributed by atoms with E-state index < -0.39 is 42.9 Å². The van der Waals surface area contributed by atoms with E-state index in [1.54, 1.807) is 11.9 Å². The summed E-state index contributed by atoms with van der Waals surface area (Å²) in [6.45, 7) is 4.20. The minimum atomic E-state index is -1.30. The van der Waals surface area contributed by atoms with E-state index in [2.05, 4.69) is 20.6 Å². The summed E-state index contributed by atoms with van der Waals surface area (Å²) in [6, 6.07) is 8.23. The van der Waals surface area contributed by atoms with Crippen molar-refractivity contribution in [3.05, 3.63) is 60.2 Å². The van der Waals surface area contributed by atoms with Crippen LogP contribution in [0.25, 0.3) is 0 Å². The van der Waals surface area contributed by atoms with Crippen molar-refractivity contribution in [1.29, 1.82) is 0 Å². The van der Waals surface area contributed by atoms with Gasteiger partial charge in [0.15, 0.2) is 0 Å². The normalized spacial score (nSPS) is 16.5. The van der Waals surface area contributed by atoms with Crippen LogP contribution in [0.3, 0.4) is 0 Å². The predicted molar refractivity (Wildman–Crippen MR) is 135 cm³/mol. The highest BCUT2D eigenvalue weighted by Gasteiger charge is 2.41. The maximum Gasteiger partial charge on any atom is 0.622 e. The van der Waals surface area contributed by atoms with Crippen LogP contribution in [-0.2, 0) is 30.1 Å². The first-order chi connectivity index (χ1) is 17.7. The lowest BCUT2D eigenvalue weighted by atomic mass is 9.73.